The molecule has 0 fully saturated rings. The quantitative estimate of drug-likeness (QED) is 0.771. The van der Waals surface area contributed by atoms with Crippen molar-refractivity contribution in [2.75, 3.05) is 26.7 Å². The van der Waals surface area contributed by atoms with Crippen molar-refractivity contribution < 1.29 is 9.53 Å². The number of benzene rings is 1. The van der Waals surface area contributed by atoms with Gasteiger partial charge in [-0.2, -0.15) is 0 Å². The highest BCUT2D eigenvalue weighted by atomic mass is 79.9. The fourth-order valence-electron chi connectivity index (χ4n) is 1.23. The molecule has 0 unspecified atom stereocenters. The summed E-state index contributed by atoms with van der Waals surface area (Å²) in [6, 6.07) is 3.39. The second kappa shape index (κ2) is 7.84. The molecule has 0 atom stereocenters. The number of amides is 1. The highest BCUT2D eigenvalue weighted by Crippen LogP contribution is 2.35. The van der Waals surface area contributed by atoms with Gasteiger partial charge in [0.25, 0.3) is 0 Å². The zero-order valence-corrected chi connectivity index (χ0v) is 12.8. The SMILES string of the molecule is CNCC(=O)NCCOc1c(Cl)cc(Br)cc1Cl. The van der Waals surface area contributed by atoms with E-state index in [4.69, 9.17) is 27.9 Å². The van der Waals surface area contributed by atoms with Crippen LogP contribution >= 0.6 is 39.1 Å². The monoisotopic (exact) mass is 354 g/mol. The van der Waals surface area contributed by atoms with Gasteiger partial charge in [-0.05, 0) is 19.2 Å². The van der Waals surface area contributed by atoms with Crippen molar-refractivity contribution in [2.24, 2.45) is 0 Å². The fourth-order valence-corrected chi connectivity index (χ4v) is 2.55. The van der Waals surface area contributed by atoms with Gasteiger partial charge in [0.05, 0.1) is 23.1 Å². The Labute approximate surface area is 124 Å². The van der Waals surface area contributed by atoms with Gasteiger partial charge in [0, 0.05) is 4.47 Å². The lowest BCUT2D eigenvalue weighted by Gasteiger charge is -2.11. The van der Waals surface area contributed by atoms with E-state index in [1.165, 1.54) is 0 Å². The van der Waals surface area contributed by atoms with Crippen molar-refractivity contribution >= 4 is 45.0 Å². The third kappa shape index (κ3) is 5.02. The molecule has 1 rings (SSSR count). The molecule has 4 nitrogen and oxygen atoms in total. The van der Waals surface area contributed by atoms with E-state index < -0.39 is 0 Å². The Balaban J connectivity index is 2.42. The molecule has 1 aromatic rings. The van der Waals surface area contributed by atoms with Gasteiger partial charge in [-0.25, -0.2) is 0 Å². The maximum absolute atomic E-state index is 11.1. The predicted octanol–water partition coefficient (Wildman–Crippen LogP) is 2.47. The highest BCUT2D eigenvalue weighted by Gasteiger charge is 2.08. The van der Waals surface area contributed by atoms with E-state index in [9.17, 15) is 4.79 Å². The van der Waals surface area contributed by atoms with Crippen LogP contribution in [0.25, 0.3) is 0 Å². The first-order valence-electron chi connectivity index (χ1n) is 5.23. The molecule has 18 heavy (non-hydrogen) atoms. The Morgan fingerprint density at radius 3 is 2.56 bits per heavy atom. The van der Waals surface area contributed by atoms with Crippen LogP contribution < -0.4 is 15.4 Å². The van der Waals surface area contributed by atoms with Gasteiger partial charge < -0.3 is 15.4 Å². The molecule has 1 amide bonds. The van der Waals surface area contributed by atoms with Crippen LogP contribution in [0.15, 0.2) is 16.6 Å². The summed E-state index contributed by atoms with van der Waals surface area (Å²) in [4.78, 5) is 11.1. The zero-order valence-electron chi connectivity index (χ0n) is 9.73. The minimum absolute atomic E-state index is 0.0888. The predicted molar refractivity (Wildman–Crippen MR) is 76.6 cm³/mol. The lowest BCUT2D eigenvalue weighted by Crippen LogP contribution is -2.34. The van der Waals surface area contributed by atoms with Crippen LogP contribution in [-0.2, 0) is 4.79 Å². The summed E-state index contributed by atoms with van der Waals surface area (Å²) in [5.41, 5.74) is 0. The minimum atomic E-state index is -0.0888. The summed E-state index contributed by atoms with van der Waals surface area (Å²) in [6.07, 6.45) is 0. The molecule has 0 aromatic heterocycles. The molecule has 0 spiro atoms. The third-order valence-electron chi connectivity index (χ3n) is 1.97. The van der Waals surface area contributed by atoms with Crippen molar-refractivity contribution in [3.63, 3.8) is 0 Å². The molecule has 1 aromatic carbocycles. The van der Waals surface area contributed by atoms with Gasteiger partial charge in [-0.3, -0.25) is 4.79 Å². The van der Waals surface area contributed by atoms with Gasteiger partial charge in [-0.15, -0.1) is 0 Å². The van der Waals surface area contributed by atoms with Gasteiger partial charge in [0.2, 0.25) is 5.91 Å². The van der Waals surface area contributed by atoms with Gasteiger partial charge >= 0.3 is 0 Å². The average Bonchev–Trinajstić information content (AvgIpc) is 2.27. The second-order valence-electron chi connectivity index (χ2n) is 3.43. The lowest BCUT2D eigenvalue weighted by atomic mass is 10.3. The van der Waals surface area contributed by atoms with Crippen LogP contribution in [0.1, 0.15) is 0 Å². The summed E-state index contributed by atoms with van der Waals surface area (Å²) >= 11 is 15.3. The minimum Gasteiger partial charge on any atom is -0.489 e. The van der Waals surface area contributed by atoms with Crippen molar-refractivity contribution in [1.82, 2.24) is 10.6 Å². The smallest absolute Gasteiger partial charge is 0.234 e. The first kappa shape index (κ1) is 15.6. The molecule has 7 heteroatoms. The number of likely N-dealkylation sites (N-methyl/N-ethyl adjacent to an activating group) is 1. The average molecular weight is 356 g/mol. The molecule has 0 bridgehead atoms. The Hall–Kier alpha value is -0.490. The first-order chi connectivity index (χ1) is 8.54. The van der Waals surface area contributed by atoms with Crippen molar-refractivity contribution in [1.29, 1.82) is 0 Å². The Morgan fingerprint density at radius 2 is 2.00 bits per heavy atom. The van der Waals surface area contributed by atoms with Gasteiger partial charge in [0.15, 0.2) is 5.75 Å². The lowest BCUT2D eigenvalue weighted by molar-refractivity contribution is -0.120. The van der Waals surface area contributed by atoms with Crippen LogP contribution in [0, 0.1) is 0 Å². The molecule has 100 valence electrons. The summed E-state index contributed by atoms with van der Waals surface area (Å²) in [5, 5.41) is 6.29. The van der Waals surface area contributed by atoms with Crippen LogP contribution in [0.4, 0.5) is 0 Å². The topological polar surface area (TPSA) is 50.4 Å². The number of carbonyl (C=O) groups is 1. The number of carbonyl (C=O) groups excluding carboxylic acids is 1. The maximum atomic E-state index is 11.1. The molecule has 0 radical (unpaired) electrons. The molecule has 0 aliphatic carbocycles. The van der Waals surface area contributed by atoms with Crippen molar-refractivity contribution in [3.8, 4) is 5.75 Å². The number of hydrogen-bond donors (Lipinski definition) is 2. The van der Waals surface area contributed by atoms with Crippen LogP contribution in [0.3, 0.4) is 0 Å². The number of halogens is 3. The fraction of sp³-hybridized carbons (Fsp3) is 0.364. The van der Waals surface area contributed by atoms with E-state index in [2.05, 4.69) is 26.6 Å². The first-order valence-corrected chi connectivity index (χ1v) is 6.78. The van der Waals surface area contributed by atoms with E-state index in [0.717, 1.165) is 4.47 Å². The van der Waals surface area contributed by atoms with Crippen LogP contribution in [-0.4, -0.2) is 32.7 Å². The van der Waals surface area contributed by atoms with E-state index in [1.54, 1.807) is 19.2 Å². The van der Waals surface area contributed by atoms with E-state index in [1.807, 2.05) is 0 Å². The Bertz CT molecular complexity index is 406. The van der Waals surface area contributed by atoms with E-state index >= 15 is 0 Å². The molecule has 0 aliphatic heterocycles. The van der Waals surface area contributed by atoms with Crippen LogP contribution in [0.5, 0.6) is 5.75 Å². The number of rotatable bonds is 6. The van der Waals surface area contributed by atoms with Gasteiger partial charge in [-0.1, -0.05) is 39.1 Å². The van der Waals surface area contributed by atoms with E-state index in [-0.39, 0.29) is 12.5 Å². The molecule has 0 saturated carbocycles. The zero-order chi connectivity index (χ0) is 13.5. The van der Waals surface area contributed by atoms with E-state index in [0.29, 0.717) is 28.9 Å². The maximum Gasteiger partial charge on any atom is 0.234 e. The molecule has 0 saturated heterocycles. The Morgan fingerprint density at radius 1 is 1.39 bits per heavy atom. The molecule has 0 heterocycles. The Kier molecular flexibility index (Phi) is 6.78. The third-order valence-corrected chi connectivity index (χ3v) is 2.99. The molecular formula is C11H13BrCl2N2O2. The second-order valence-corrected chi connectivity index (χ2v) is 5.16. The number of hydrogen-bond acceptors (Lipinski definition) is 3. The number of nitrogens with one attached hydrogen (secondary N) is 2. The van der Waals surface area contributed by atoms with Crippen LogP contribution in [0.2, 0.25) is 10.0 Å². The molecule has 0 aliphatic rings. The standard InChI is InChI=1S/C11H13BrCl2N2O2/c1-15-6-10(17)16-2-3-18-11-8(13)4-7(12)5-9(11)14/h4-5,15H,2-3,6H2,1H3,(H,16,17). The van der Waals surface area contributed by atoms with Gasteiger partial charge in [0.1, 0.15) is 6.61 Å². The molecule has 2 N–H and O–H groups in total. The largest absolute Gasteiger partial charge is 0.489 e. The molecular weight excluding hydrogens is 343 g/mol. The van der Waals surface area contributed by atoms with Crippen molar-refractivity contribution in [2.45, 2.75) is 0 Å². The summed E-state index contributed by atoms with van der Waals surface area (Å²) in [5.74, 6) is 0.332. The summed E-state index contributed by atoms with van der Waals surface area (Å²) in [6.45, 7) is 0.972. The normalized spacial score (nSPS) is 10.2. The summed E-state index contributed by atoms with van der Waals surface area (Å²) in [7, 11) is 1.71. The van der Waals surface area contributed by atoms with Crippen molar-refractivity contribution in [3.05, 3.63) is 26.7 Å². The summed E-state index contributed by atoms with van der Waals surface area (Å²) < 4.78 is 6.22. The number of ether oxygens (including phenoxy) is 1. The highest BCUT2D eigenvalue weighted by molar-refractivity contribution is 9.10.